The molecule has 0 spiro atoms. The highest BCUT2D eigenvalue weighted by Gasteiger charge is 2.21. The Hall–Kier alpha value is -1.96. The molecule has 1 amide bonds. The molecule has 2 aromatic rings. The summed E-state index contributed by atoms with van der Waals surface area (Å²) in [7, 11) is 1.84. The lowest BCUT2D eigenvalue weighted by Gasteiger charge is -2.34. The number of nitrogens with one attached hydrogen (secondary N) is 1. The number of amides is 1. The molecule has 26 heavy (non-hydrogen) atoms. The molecule has 1 saturated heterocycles. The Morgan fingerprint density at radius 1 is 1.19 bits per heavy atom. The molecule has 8 heteroatoms. The Kier molecular flexibility index (Phi) is 5.90. The summed E-state index contributed by atoms with van der Waals surface area (Å²) in [5, 5.41) is 7.83. The molecule has 1 aliphatic rings. The van der Waals surface area contributed by atoms with E-state index in [0.29, 0.717) is 17.4 Å². The van der Waals surface area contributed by atoms with Crippen molar-refractivity contribution in [3.8, 4) is 0 Å². The van der Waals surface area contributed by atoms with Crippen LogP contribution in [-0.2, 0) is 18.4 Å². The molecule has 0 aliphatic carbocycles. The van der Waals surface area contributed by atoms with Crippen LogP contribution < -0.4 is 5.32 Å². The first kappa shape index (κ1) is 18.8. The molecule has 1 aromatic heterocycles. The van der Waals surface area contributed by atoms with Gasteiger partial charge in [-0.3, -0.25) is 19.3 Å². The number of hydrogen-bond donors (Lipinski definition) is 1. The lowest BCUT2D eigenvalue weighted by atomic mass is 10.2. The number of hydrogen-bond acceptors (Lipinski definition) is 4. The monoisotopic (exact) mass is 379 g/mol. The minimum absolute atomic E-state index is 0.0868. The van der Waals surface area contributed by atoms with Crippen molar-refractivity contribution in [2.45, 2.75) is 13.5 Å². The maximum absolute atomic E-state index is 12.9. The molecule has 140 valence electrons. The fraction of sp³-hybridized carbons (Fsp3) is 0.444. The summed E-state index contributed by atoms with van der Waals surface area (Å²) in [5.74, 6) is -0.403. The summed E-state index contributed by atoms with van der Waals surface area (Å²) in [6.07, 6.45) is 0. The highest BCUT2D eigenvalue weighted by molar-refractivity contribution is 6.30. The lowest BCUT2D eigenvalue weighted by Crippen LogP contribution is -2.48. The average Bonchev–Trinajstić information content (AvgIpc) is 2.85. The largest absolute Gasteiger partial charge is 0.325 e. The van der Waals surface area contributed by atoms with E-state index in [2.05, 4.69) is 20.2 Å². The number of piperazine rings is 1. The van der Waals surface area contributed by atoms with Crippen LogP contribution in [-0.4, -0.2) is 58.2 Å². The zero-order chi connectivity index (χ0) is 18.7. The number of nitrogens with zero attached hydrogens (tertiary/aromatic N) is 4. The van der Waals surface area contributed by atoms with Crippen molar-refractivity contribution in [1.82, 2.24) is 19.6 Å². The SMILES string of the molecule is Cc1nn(C)c(Cl)c1CN1CCN(CC(=O)Nc2ccc(F)cc2)CC1. The van der Waals surface area contributed by atoms with Crippen LogP contribution in [0, 0.1) is 12.7 Å². The number of carbonyl (C=O) groups excluding carboxylic acids is 1. The summed E-state index contributed by atoms with van der Waals surface area (Å²) in [6.45, 7) is 6.44. The van der Waals surface area contributed by atoms with Crippen LogP contribution in [0.4, 0.5) is 10.1 Å². The number of benzene rings is 1. The second kappa shape index (κ2) is 8.16. The van der Waals surface area contributed by atoms with Gasteiger partial charge in [-0.2, -0.15) is 5.10 Å². The van der Waals surface area contributed by atoms with E-state index in [1.165, 1.54) is 12.1 Å². The number of halogens is 2. The first-order chi connectivity index (χ1) is 12.4. The van der Waals surface area contributed by atoms with Crippen LogP contribution in [0.3, 0.4) is 0 Å². The van der Waals surface area contributed by atoms with E-state index < -0.39 is 0 Å². The number of carbonyl (C=O) groups is 1. The van der Waals surface area contributed by atoms with Gasteiger partial charge in [-0.1, -0.05) is 11.6 Å². The summed E-state index contributed by atoms with van der Waals surface area (Å²) in [6, 6.07) is 5.79. The van der Waals surface area contributed by atoms with E-state index >= 15 is 0 Å². The normalized spacial score (nSPS) is 16.0. The number of rotatable bonds is 5. The molecule has 1 fully saturated rings. The third kappa shape index (κ3) is 4.60. The molecule has 2 heterocycles. The van der Waals surface area contributed by atoms with Crippen LogP contribution in [0.1, 0.15) is 11.3 Å². The van der Waals surface area contributed by atoms with Gasteiger partial charge >= 0.3 is 0 Å². The zero-order valence-electron chi connectivity index (χ0n) is 15.0. The van der Waals surface area contributed by atoms with Gasteiger partial charge in [0.25, 0.3) is 0 Å². The zero-order valence-corrected chi connectivity index (χ0v) is 15.8. The molecule has 0 atom stereocenters. The van der Waals surface area contributed by atoms with E-state index in [9.17, 15) is 9.18 Å². The van der Waals surface area contributed by atoms with Crippen molar-refractivity contribution in [1.29, 1.82) is 0 Å². The molecule has 6 nitrogen and oxygen atoms in total. The smallest absolute Gasteiger partial charge is 0.238 e. The predicted molar refractivity (Wildman–Crippen MR) is 99.7 cm³/mol. The molecule has 1 aromatic carbocycles. The summed E-state index contributed by atoms with van der Waals surface area (Å²) >= 11 is 6.30. The van der Waals surface area contributed by atoms with E-state index in [-0.39, 0.29) is 11.7 Å². The Bertz CT molecular complexity index is 769. The fourth-order valence-corrected chi connectivity index (χ4v) is 3.35. The molecule has 0 bridgehead atoms. The molecule has 3 rings (SSSR count). The van der Waals surface area contributed by atoms with E-state index in [1.807, 2.05) is 14.0 Å². The molecule has 0 saturated carbocycles. The summed E-state index contributed by atoms with van der Waals surface area (Å²) < 4.78 is 14.6. The first-order valence-electron chi connectivity index (χ1n) is 8.60. The quantitative estimate of drug-likeness (QED) is 0.866. The van der Waals surface area contributed by atoms with E-state index in [0.717, 1.165) is 44.0 Å². The van der Waals surface area contributed by atoms with Crippen molar-refractivity contribution in [3.63, 3.8) is 0 Å². The van der Waals surface area contributed by atoms with Gasteiger partial charge in [0.15, 0.2) is 0 Å². The molecular weight excluding hydrogens is 357 g/mol. The second-order valence-corrected chi connectivity index (χ2v) is 6.94. The molecule has 0 radical (unpaired) electrons. The Morgan fingerprint density at radius 3 is 2.38 bits per heavy atom. The highest BCUT2D eigenvalue weighted by atomic mass is 35.5. The highest BCUT2D eigenvalue weighted by Crippen LogP contribution is 2.21. The van der Waals surface area contributed by atoms with Crippen molar-refractivity contribution in [2.75, 3.05) is 38.0 Å². The van der Waals surface area contributed by atoms with Gasteiger partial charge in [0, 0.05) is 51.0 Å². The van der Waals surface area contributed by atoms with Crippen molar-refractivity contribution < 1.29 is 9.18 Å². The van der Waals surface area contributed by atoms with Gasteiger partial charge < -0.3 is 5.32 Å². The third-order valence-electron chi connectivity index (χ3n) is 4.61. The van der Waals surface area contributed by atoms with Gasteiger partial charge in [0.2, 0.25) is 5.91 Å². The van der Waals surface area contributed by atoms with Gasteiger partial charge in [-0.25, -0.2) is 4.39 Å². The predicted octanol–water partition coefficient (Wildman–Crippen LogP) is 2.28. The minimum Gasteiger partial charge on any atom is -0.325 e. The van der Waals surface area contributed by atoms with Gasteiger partial charge in [-0.15, -0.1) is 0 Å². The summed E-state index contributed by atoms with van der Waals surface area (Å²) in [5.41, 5.74) is 2.63. The minimum atomic E-state index is -0.317. The second-order valence-electron chi connectivity index (χ2n) is 6.59. The van der Waals surface area contributed by atoms with E-state index in [1.54, 1.807) is 16.8 Å². The van der Waals surface area contributed by atoms with Crippen LogP contribution in [0.15, 0.2) is 24.3 Å². The number of aromatic nitrogens is 2. The molecule has 0 unspecified atom stereocenters. The van der Waals surface area contributed by atoms with E-state index in [4.69, 9.17) is 11.6 Å². The van der Waals surface area contributed by atoms with Crippen molar-refractivity contribution >= 4 is 23.2 Å². The Balaban J connectivity index is 1.46. The van der Waals surface area contributed by atoms with Crippen LogP contribution in [0.5, 0.6) is 0 Å². The van der Waals surface area contributed by atoms with Crippen molar-refractivity contribution in [3.05, 3.63) is 46.5 Å². The maximum Gasteiger partial charge on any atom is 0.238 e. The van der Waals surface area contributed by atoms with Crippen LogP contribution in [0.2, 0.25) is 5.15 Å². The fourth-order valence-electron chi connectivity index (χ4n) is 3.12. The van der Waals surface area contributed by atoms with Gasteiger partial charge in [0.05, 0.1) is 12.2 Å². The summed E-state index contributed by atoms with van der Waals surface area (Å²) in [4.78, 5) is 16.6. The molecule has 1 N–H and O–H groups in total. The maximum atomic E-state index is 12.9. The third-order valence-corrected chi connectivity index (χ3v) is 5.08. The van der Waals surface area contributed by atoms with Gasteiger partial charge in [-0.05, 0) is 31.2 Å². The first-order valence-corrected chi connectivity index (χ1v) is 8.98. The number of aryl methyl sites for hydroxylation is 2. The Morgan fingerprint density at radius 2 is 1.81 bits per heavy atom. The lowest BCUT2D eigenvalue weighted by molar-refractivity contribution is -0.117. The standard InChI is InChI=1S/C18H23ClFN5O/c1-13-16(18(19)23(2)22-13)11-24-7-9-25(10-8-24)12-17(26)21-15-5-3-14(20)4-6-15/h3-6H,7-12H2,1-2H3,(H,21,26). The topological polar surface area (TPSA) is 53.4 Å². The molecular formula is C18H23ClFN5O. The van der Waals surface area contributed by atoms with Crippen molar-refractivity contribution in [2.24, 2.45) is 7.05 Å². The Labute approximate surface area is 157 Å². The average molecular weight is 380 g/mol. The molecule has 1 aliphatic heterocycles. The van der Waals surface area contributed by atoms with Gasteiger partial charge in [0.1, 0.15) is 11.0 Å². The van der Waals surface area contributed by atoms with Crippen LogP contribution >= 0.6 is 11.6 Å². The van der Waals surface area contributed by atoms with Crippen LogP contribution in [0.25, 0.3) is 0 Å². The number of anilines is 1.